The number of carbonyl (C=O) groups is 1. The maximum atomic E-state index is 13.4. The number of ether oxygens (including phenoxy) is 2. The molecule has 0 aliphatic heterocycles. The highest BCUT2D eigenvalue weighted by Crippen LogP contribution is 2.26. The van der Waals surface area contributed by atoms with Gasteiger partial charge < -0.3 is 14.8 Å². The van der Waals surface area contributed by atoms with Crippen LogP contribution in [0, 0.1) is 13.8 Å². The van der Waals surface area contributed by atoms with Gasteiger partial charge in [-0.25, -0.2) is 8.42 Å². The molecule has 8 heteroatoms. The topological polar surface area (TPSA) is 84.9 Å². The van der Waals surface area contributed by atoms with E-state index in [4.69, 9.17) is 9.47 Å². The first-order chi connectivity index (χ1) is 16.3. The van der Waals surface area contributed by atoms with Gasteiger partial charge in [0.15, 0.2) is 0 Å². The molecule has 3 rings (SSSR count). The smallest absolute Gasteiger partial charge is 0.264 e. The minimum atomic E-state index is -3.97. The summed E-state index contributed by atoms with van der Waals surface area (Å²) in [6, 6.07) is 20.8. The number of nitrogens with zero attached hydrogens (tertiary/aromatic N) is 1. The van der Waals surface area contributed by atoms with E-state index in [0.29, 0.717) is 23.8 Å². The molecular formula is C26H30N2O5S. The second-order valence-electron chi connectivity index (χ2n) is 7.76. The number of carbonyl (C=O) groups excluding carboxylic acids is 1. The Morgan fingerprint density at radius 1 is 0.824 bits per heavy atom. The Morgan fingerprint density at radius 3 is 1.94 bits per heavy atom. The fourth-order valence-electron chi connectivity index (χ4n) is 3.21. The quantitative estimate of drug-likeness (QED) is 0.416. The molecule has 180 valence electrons. The molecule has 0 saturated carbocycles. The molecular weight excluding hydrogens is 452 g/mol. The van der Waals surface area contributed by atoms with E-state index < -0.39 is 15.9 Å². The second-order valence-corrected chi connectivity index (χ2v) is 9.63. The van der Waals surface area contributed by atoms with Gasteiger partial charge in [0.2, 0.25) is 5.91 Å². The lowest BCUT2D eigenvalue weighted by molar-refractivity contribution is -0.119. The number of anilines is 1. The lowest BCUT2D eigenvalue weighted by atomic mass is 10.2. The maximum absolute atomic E-state index is 13.4. The van der Waals surface area contributed by atoms with Crippen LogP contribution >= 0.6 is 0 Å². The first-order valence-electron chi connectivity index (χ1n) is 11.1. The van der Waals surface area contributed by atoms with Crippen LogP contribution in [0.4, 0.5) is 5.69 Å². The van der Waals surface area contributed by atoms with E-state index >= 15 is 0 Å². The van der Waals surface area contributed by atoms with E-state index in [0.717, 1.165) is 15.4 Å². The summed E-state index contributed by atoms with van der Waals surface area (Å²) in [6.07, 6.45) is 0. The van der Waals surface area contributed by atoms with Crippen molar-refractivity contribution in [3.8, 4) is 11.5 Å². The third-order valence-corrected chi connectivity index (χ3v) is 6.83. The summed E-state index contributed by atoms with van der Waals surface area (Å²) in [5.41, 5.74) is 2.44. The molecule has 1 amide bonds. The van der Waals surface area contributed by atoms with Crippen molar-refractivity contribution in [2.75, 3.05) is 30.6 Å². The summed E-state index contributed by atoms with van der Waals surface area (Å²) in [4.78, 5) is 12.8. The lowest BCUT2D eigenvalue weighted by Gasteiger charge is -2.24. The van der Waals surface area contributed by atoms with E-state index in [1.807, 2.05) is 45.0 Å². The molecule has 1 N–H and O–H groups in total. The summed E-state index contributed by atoms with van der Waals surface area (Å²) in [5.74, 6) is 0.895. The van der Waals surface area contributed by atoms with Crippen molar-refractivity contribution in [2.24, 2.45) is 0 Å². The second kappa shape index (κ2) is 11.6. The normalized spacial score (nSPS) is 11.0. The molecule has 0 fully saturated rings. The highest BCUT2D eigenvalue weighted by molar-refractivity contribution is 7.92. The summed E-state index contributed by atoms with van der Waals surface area (Å²) >= 11 is 0. The first-order valence-corrected chi connectivity index (χ1v) is 12.5. The Morgan fingerprint density at radius 2 is 1.35 bits per heavy atom. The first kappa shape index (κ1) is 25.1. The standard InChI is InChI=1S/C26H30N2O5S/c1-4-32-23-13-9-22(10-14-23)28(34(30,31)25-15-7-21(3)8-16-25)19-26(29)27-17-18-33-24-11-5-20(2)6-12-24/h5-16H,4,17-19H2,1-3H3,(H,27,29). The largest absolute Gasteiger partial charge is 0.494 e. The fourth-order valence-corrected chi connectivity index (χ4v) is 4.63. The average molecular weight is 483 g/mol. The van der Waals surface area contributed by atoms with Gasteiger partial charge in [0, 0.05) is 0 Å². The molecule has 0 bridgehead atoms. The van der Waals surface area contributed by atoms with E-state index in [-0.39, 0.29) is 24.6 Å². The van der Waals surface area contributed by atoms with Gasteiger partial charge in [-0.2, -0.15) is 0 Å². The average Bonchev–Trinajstić information content (AvgIpc) is 2.82. The van der Waals surface area contributed by atoms with Crippen LogP contribution in [-0.2, 0) is 14.8 Å². The Balaban J connectivity index is 1.71. The van der Waals surface area contributed by atoms with Crippen LogP contribution < -0.4 is 19.1 Å². The number of aryl methyl sites for hydroxylation is 2. The summed E-state index contributed by atoms with van der Waals surface area (Å²) < 4.78 is 39.0. The number of rotatable bonds is 11. The van der Waals surface area contributed by atoms with Gasteiger partial charge in [0.25, 0.3) is 10.0 Å². The van der Waals surface area contributed by atoms with Crippen LogP contribution in [0.2, 0.25) is 0 Å². The van der Waals surface area contributed by atoms with Crippen LogP contribution in [0.1, 0.15) is 18.1 Å². The Bertz CT molecular complexity index is 1180. The molecule has 0 saturated heterocycles. The van der Waals surface area contributed by atoms with Crippen molar-refractivity contribution >= 4 is 21.6 Å². The Kier molecular flexibility index (Phi) is 8.54. The zero-order chi connectivity index (χ0) is 24.6. The monoisotopic (exact) mass is 482 g/mol. The Labute approximate surface area is 201 Å². The molecule has 0 spiro atoms. The van der Waals surface area contributed by atoms with E-state index in [1.165, 1.54) is 0 Å². The fraction of sp³-hybridized carbons (Fsp3) is 0.269. The van der Waals surface area contributed by atoms with Crippen molar-refractivity contribution in [2.45, 2.75) is 25.7 Å². The third kappa shape index (κ3) is 6.74. The molecule has 0 aliphatic rings. The molecule has 0 radical (unpaired) electrons. The molecule has 0 heterocycles. The van der Waals surface area contributed by atoms with Crippen LogP contribution in [0.3, 0.4) is 0 Å². The molecule has 7 nitrogen and oxygen atoms in total. The molecule has 0 aliphatic carbocycles. The molecule has 0 atom stereocenters. The number of hydrogen-bond acceptors (Lipinski definition) is 5. The Hall–Kier alpha value is -3.52. The molecule has 3 aromatic rings. The van der Waals surface area contributed by atoms with Gasteiger partial charge >= 0.3 is 0 Å². The zero-order valence-electron chi connectivity index (χ0n) is 19.7. The van der Waals surface area contributed by atoms with Gasteiger partial charge in [0.1, 0.15) is 24.7 Å². The van der Waals surface area contributed by atoms with Crippen molar-refractivity contribution in [1.82, 2.24) is 5.32 Å². The SMILES string of the molecule is CCOc1ccc(N(CC(=O)NCCOc2ccc(C)cc2)S(=O)(=O)c2ccc(C)cc2)cc1. The molecule has 34 heavy (non-hydrogen) atoms. The molecule has 0 aromatic heterocycles. The number of hydrogen-bond donors (Lipinski definition) is 1. The molecule has 3 aromatic carbocycles. The van der Waals surface area contributed by atoms with Gasteiger partial charge in [-0.3, -0.25) is 9.10 Å². The highest BCUT2D eigenvalue weighted by atomic mass is 32.2. The van der Waals surface area contributed by atoms with Crippen molar-refractivity contribution < 1.29 is 22.7 Å². The van der Waals surface area contributed by atoms with Gasteiger partial charge in [-0.05, 0) is 69.3 Å². The summed E-state index contributed by atoms with van der Waals surface area (Å²) in [5, 5.41) is 2.73. The van der Waals surface area contributed by atoms with Gasteiger partial charge in [-0.15, -0.1) is 0 Å². The van der Waals surface area contributed by atoms with Gasteiger partial charge in [0.05, 0.1) is 23.7 Å². The van der Waals surface area contributed by atoms with Crippen LogP contribution in [0.15, 0.2) is 77.7 Å². The maximum Gasteiger partial charge on any atom is 0.264 e. The van der Waals surface area contributed by atoms with Crippen LogP contribution in [-0.4, -0.2) is 40.6 Å². The number of benzene rings is 3. The van der Waals surface area contributed by atoms with Crippen LogP contribution in [0.5, 0.6) is 11.5 Å². The predicted molar refractivity (Wildman–Crippen MR) is 133 cm³/mol. The van der Waals surface area contributed by atoms with E-state index in [1.54, 1.807) is 48.5 Å². The molecule has 0 unspecified atom stereocenters. The number of nitrogens with one attached hydrogen (secondary N) is 1. The number of sulfonamides is 1. The van der Waals surface area contributed by atoms with E-state index in [9.17, 15) is 13.2 Å². The predicted octanol–water partition coefficient (Wildman–Crippen LogP) is 4.09. The third-order valence-electron chi connectivity index (χ3n) is 5.05. The highest BCUT2D eigenvalue weighted by Gasteiger charge is 2.27. The van der Waals surface area contributed by atoms with Gasteiger partial charge in [-0.1, -0.05) is 35.4 Å². The van der Waals surface area contributed by atoms with Crippen molar-refractivity contribution in [3.63, 3.8) is 0 Å². The minimum Gasteiger partial charge on any atom is -0.494 e. The summed E-state index contributed by atoms with van der Waals surface area (Å²) in [6.45, 7) is 6.38. The van der Waals surface area contributed by atoms with Crippen LogP contribution in [0.25, 0.3) is 0 Å². The minimum absolute atomic E-state index is 0.113. The van der Waals surface area contributed by atoms with E-state index in [2.05, 4.69) is 5.32 Å². The van der Waals surface area contributed by atoms with Crippen molar-refractivity contribution in [1.29, 1.82) is 0 Å². The lowest BCUT2D eigenvalue weighted by Crippen LogP contribution is -2.41. The van der Waals surface area contributed by atoms with Crippen molar-refractivity contribution in [3.05, 3.63) is 83.9 Å². The number of amides is 1. The zero-order valence-corrected chi connectivity index (χ0v) is 20.5. The summed E-state index contributed by atoms with van der Waals surface area (Å²) in [7, 11) is -3.97.